The van der Waals surface area contributed by atoms with Crippen LogP contribution in [0.5, 0.6) is 0 Å². The molecule has 1 N–H and O–H groups in total. The largest absolute Gasteiger partial charge is 0.354 e. The van der Waals surface area contributed by atoms with Crippen LogP contribution < -0.4 is 5.32 Å². The van der Waals surface area contributed by atoms with Crippen LogP contribution in [0, 0.1) is 24.0 Å². The Kier molecular flexibility index (Phi) is 5.01. The Hall–Kier alpha value is -2.71. The Balaban J connectivity index is 1.88. The van der Waals surface area contributed by atoms with Gasteiger partial charge in [-0.15, -0.1) is 0 Å². The summed E-state index contributed by atoms with van der Waals surface area (Å²) in [5, 5.41) is 21.9. The van der Waals surface area contributed by atoms with Crippen LogP contribution >= 0.6 is 0 Å². The normalized spacial score (nSPS) is 11.5. The van der Waals surface area contributed by atoms with E-state index in [1.54, 1.807) is 13.8 Å². The van der Waals surface area contributed by atoms with Crippen molar-refractivity contribution in [1.82, 2.24) is 24.9 Å². The molecule has 2 rings (SSSR count). The monoisotopic (exact) mass is 334 g/mol. The number of amides is 1. The lowest BCUT2D eigenvalue weighted by molar-refractivity contribution is -0.385. The number of hydrogen-bond acceptors (Lipinski definition) is 5. The van der Waals surface area contributed by atoms with Crippen LogP contribution in [0.1, 0.15) is 31.7 Å². The number of nitrogens with one attached hydrogen (secondary N) is 1. The lowest BCUT2D eigenvalue weighted by atomic mass is 10.1. The fraction of sp³-hybridized carbons (Fsp3) is 0.533. The molecule has 130 valence electrons. The van der Waals surface area contributed by atoms with Crippen molar-refractivity contribution in [1.29, 1.82) is 0 Å². The number of aryl methyl sites for hydroxylation is 3. The minimum atomic E-state index is -1.01. The van der Waals surface area contributed by atoms with Crippen LogP contribution in [-0.2, 0) is 16.9 Å². The second kappa shape index (κ2) is 6.81. The van der Waals surface area contributed by atoms with Gasteiger partial charge in [0.05, 0.1) is 10.6 Å². The van der Waals surface area contributed by atoms with E-state index in [9.17, 15) is 14.9 Å². The average molecular weight is 334 g/mol. The molecule has 0 bridgehead atoms. The first kappa shape index (κ1) is 17.6. The van der Waals surface area contributed by atoms with Crippen LogP contribution in [0.3, 0.4) is 0 Å². The fourth-order valence-electron chi connectivity index (χ4n) is 2.37. The minimum Gasteiger partial charge on any atom is -0.354 e. The molecule has 0 aliphatic rings. The fourth-order valence-corrected chi connectivity index (χ4v) is 2.37. The van der Waals surface area contributed by atoms with Gasteiger partial charge in [-0.1, -0.05) is 0 Å². The van der Waals surface area contributed by atoms with Crippen molar-refractivity contribution in [2.24, 2.45) is 0 Å². The molecule has 0 saturated carbocycles. The van der Waals surface area contributed by atoms with E-state index in [1.807, 2.05) is 24.6 Å². The van der Waals surface area contributed by atoms with E-state index >= 15 is 0 Å². The SMILES string of the molecule is Cc1cc(C)n(CCCNC(=O)C(C)(C)n2cc([N+](=O)[O-])cn2)n1. The second-order valence-corrected chi connectivity index (χ2v) is 6.22. The molecule has 0 saturated heterocycles. The summed E-state index contributed by atoms with van der Waals surface area (Å²) < 4.78 is 3.21. The standard InChI is InChI=1S/C15H22N6O3/c1-11-8-12(2)19(18-11)7-5-6-16-14(22)15(3,4)20-10-13(9-17-20)21(23)24/h8-10H,5-7H2,1-4H3,(H,16,22). The van der Waals surface area contributed by atoms with Crippen molar-refractivity contribution < 1.29 is 9.72 Å². The summed E-state index contributed by atoms with van der Waals surface area (Å²) in [6.45, 7) is 8.47. The van der Waals surface area contributed by atoms with Crippen LogP contribution in [0.15, 0.2) is 18.5 Å². The first-order valence-electron chi connectivity index (χ1n) is 7.70. The quantitative estimate of drug-likeness (QED) is 0.469. The van der Waals surface area contributed by atoms with Crippen molar-refractivity contribution in [2.75, 3.05) is 6.54 Å². The number of carbonyl (C=O) groups excluding carboxylic acids is 1. The summed E-state index contributed by atoms with van der Waals surface area (Å²) in [6.07, 6.45) is 3.14. The molecular weight excluding hydrogens is 312 g/mol. The number of carbonyl (C=O) groups is 1. The molecular formula is C15H22N6O3. The van der Waals surface area contributed by atoms with Crippen LogP contribution in [0.2, 0.25) is 0 Å². The summed E-state index contributed by atoms with van der Waals surface area (Å²) in [5.74, 6) is -0.242. The molecule has 2 aromatic heterocycles. The Morgan fingerprint density at radius 3 is 2.67 bits per heavy atom. The number of nitro groups is 1. The predicted molar refractivity (Wildman–Crippen MR) is 87.5 cm³/mol. The number of aromatic nitrogens is 4. The third kappa shape index (κ3) is 3.79. The van der Waals surface area contributed by atoms with Gasteiger partial charge < -0.3 is 5.32 Å². The van der Waals surface area contributed by atoms with Gasteiger partial charge in [0.15, 0.2) is 0 Å². The van der Waals surface area contributed by atoms with Crippen molar-refractivity contribution in [3.05, 3.63) is 40.0 Å². The number of nitrogens with zero attached hydrogens (tertiary/aromatic N) is 5. The highest BCUT2D eigenvalue weighted by atomic mass is 16.6. The molecule has 0 aliphatic carbocycles. The zero-order valence-corrected chi connectivity index (χ0v) is 14.3. The van der Waals surface area contributed by atoms with Crippen molar-refractivity contribution >= 4 is 11.6 Å². The van der Waals surface area contributed by atoms with E-state index < -0.39 is 10.5 Å². The highest BCUT2D eigenvalue weighted by Crippen LogP contribution is 2.18. The first-order chi connectivity index (χ1) is 11.2. The Morgan fingerprint density at radius 1 is 1.42 bits per heavy atom. The zero-order chi connectivity index (χ0) is 17.9. The van der Waals surface area contributed by atoms with E-state index in [4.69, 9.17) is 0 Å². The van der Waals surface area contributed by atoms with Gasteiger partial charge in [-0.2, -0.15) is 10.2 Å². The summed E-state index contributed by atoms with van der Waals surface area (Å²) in [6, 6.07) is 2.01. The van der Waals surface area contributed by atoms with Gasteiger partial charge >= 0.3 is 5.69 Å². The van der Waals surface area contributed by atoms with E-state index in [-0.39, 0.29) is 11.6 Å². The lowest BCUT2D eigenvalue weighted by Crippen LogP contribution is -2.45. The topological polar surface area (TPSA) is 108 Å². The Morgan fingerprint density at radius 2 is 2.12 bits per heavy atom. The molecule has 9 heteroatoms. The highest BCUT2D eigenvalue weighted by Gasteiger charge is 2.31. The van der Waals surface area contributed by atoms with E-state index in [0.717, 1.165) is 24.0 Å². The van der Waals surface area contributed by atoms with Crippen molar-refractivity contribution in [3.63, 3.8) is 0 Å². The van der Waals surface area contributed by atoms with Crippen LogP contribution in [-0.4, -0.2) is 36.9 Å². The summed E-state index contributed by atoms with van der Waals surface area (Å²) >= 11 is 0. The molecule has 2 aromatic rings. The summed E-state index contributed by atoms with van der Waals surface area (Å²) in [7, 11) is 0. The molecule has 0 aliphatic heterocycles. The van der Waals surface area contributed by atoms with Gasteiger partial charge in [-0.25, -0.2) is 0 Å². The molecule has 9 nitrogen and oxygen atoms in total. The zero-order valence-electron chi connectivity index (χ0n) is 14.3. The molecule has 0 fully saturated rings. The van der Waals surface area contributed by atoms with Gasteiger partial charge in [0.25, 0.3) is 0 Å². The summed E-state index contributed by atoms with van der Waals surface area (Å²) in [5.41, 5.74) is 0.910. The molecule has 0 aromatic carbocycles. The average Bonchev–Trinajstić information content (AvgIpc) is 3.10. The van der Waals surface area contributed by atoms with Gasteiger partial charge in [0.1, 0.15) is 17.9 Å². The molecule has 0 unspecified atom stereocenters. The van der Waals surface area contributed by atoms with E-state index in [1.165, 1.54) is 10.9 Å². The van der Waals surface area contributed by atoms with Gasteiger partial charge in [-0.3, -0.25) is 24.3 Å². The molecule has 0 radical (unpaired) electrons. The third-order valence-corrected chi connectivity index (χ3v) is 3.84. The lowest BCUT2D eigenvalue weighted by Gasteiger charge is -2.23. The van der Waals surface area contributed by atoms with Gasteiger partial charge in [0, 0.05) is 18.8 Å². The van der Waals surface area contributed by atoms with Gasteiger partial charge in [0.2, 0.25) is 5.91 Å². The second-order valence-electron chi connectivity index (χ2n) is 6.22. The number of hydrogen-bond donors (Lipinski definition) is 1. The Labute approximate surface area is 139 Å². The van der Waals surface area contributed by atoms with Crippen molar-refractivity contribution in [3.8, 4) is 0 Å². The maximum Gasteiger partial charge on any atom is 0.307 e. The van der Waals surface area contributed by atoms with Crippen molar-refractivity contribution in [2.45, 2.75) is 46.2 Å². The van der Waals surface area contributed by atoms with E-state index in [2.05, 4.69) is 15.5 Å². The molecule has 0 atom stereocenters. The molecule has 1 amide bonds. The first-order valence-corrected chi connectivity index (χ1v) is 7.70. The molecule has 0 spiro atoms. The smallest absolute Gasteiger partial charge is 0.307 e. The van der Waals surface area contributed by atoms with Gasteiger partial charge in [-0.05, 0) is 40.2 Å². The maximum absolute atomic E-state index is 12.4. The highest BCUT2D eigenvalue weighted by molar-refractivity contribution is 5.83. The third-order valence-electron chi connectivity index (χ3n) is 3.84. The van der Waals surface area contributed by atoms with Crippen LogP contribution in [0.4, 0.5) is 5.69 Å². The molecule has 2 heterocycles. The minimum absolute atomic E-state index is 0.139. The maximum atomic E-state index is 12.4. The number of rotatable bonds is 7. The molecule has 24 heavy (non-hydrogen) atoms. The van der Waals surface area contributed by atoms with E-state index in [0.29, 0.717) is 13.1 Å². The Bertz CT molecular complexity index is 746. The van der Waals surface area contributed by atoms with Crippen LogP contribution in [0.25, 0.3) is 0 Å². The summed E-state index contributed by atoms with van der Waals surface area (Å²) in [4.78, 5) is 22.6. The predicted octanol–water partition coefficient (Wildman–Crippen LogP) is 1.55.